The second kappa shape index (κ2) is 15.6. The number of amides is 1. The maximum Gasteiger partial charge on any atom is 1.00 e. The van der Waals surface area contributed by atoms with Gasteiger partial charge >= 0.3 is 154 Å². The molecular weight excluding hydrogens is 314 g/mol. The Morgan fingerprint density at radius 3 is 1.75 bits per heavy atom. The van der Waals surface area contributed by atoms with Crippen LogP contribution in [-0.4, -0.2) is 17.4 Å². The molecule has 0 atom stereocenters. The number of carbonyl (C=O) groups is 1. The zero-order chi connectivity index (χ0) is 10.5. The van der Waals surface area contributed by atoms with Crippen LogP contribution in [0.4, 0.5) is 0 Å². The predicted octanol–water partition coefficient (Wildman–Crippen LogP) is -11.1. The molecule has 1 rings (SSSR count). The number of nitrogens with zero attached hydrogens (tertiary/aromatic N) is 1. The van der Waals surface area contributed by atoms with Crippen molar-refractivity contribution in [1.82, 2.24) is 4.90 Å². The summed E-state index contributed by atoms with van der Waals surface area (Å²) >= 11 is 0. The molecule has 6 nitrogen and oxygen atoms in total. The summed E-state index contributed by atoms with van der Waals surface area (Å²) in [5.74, 6) is 0.208. The minimum Gasteiger partial charge on any atom is -0.822 e. The normalized spacial score (nSPS) is 13.4. The third-order valence-corrected chi connectivity index (χ3v) is 1.33. The van der Waals surface area contributed by atoms with Crippen LogP contribution in [-0.2, 0) is 9.36 Å². The van der Waals surface area contributed by atoms with Gasteiger partial charge in [0.1, 0.15) is 0 Å². The standard InChI is InChI=1S/C6H9NO.3K.H3O4P/c1-2-7-5-3-4-6(7)8;;;;1-5(2,3)4/h2H,1,3-5H2;;;;(H3,1,2,3,4)/q;3*+1;/p-3. The molecule has 0 radical (unpaired) electrons. The molecule has 1 saturated heterocycles. The van der Waals surface area contributed by atoms with Crippen molar-refractivity contribution in [2.45, 2.75) is 12.8 Å². The Labute approximate surface area is 222 Å². The van der Waals surface area contributed by atoms with Gasteiger partial charge in [-0.2, -0.15) is 7.82 Å². The third-order valence-electron chi connectivity index (χ3n) is 1.33. The van der Waals surface area contributed by atoms with Crippen molar-refractivity contribution in [1.29, 1.82) is 0 Å². The van der Waals surface area contributed by atoms with Gasteiger partial charge in [0.15, 0.2) is 0 Å². The van der Waals surface area contributed by atoms with Crippen LogP contribution >= 0.6 is 7.82 Å². The first kappa shape index (κ1) is 28.4. The number of hydrogen-bond acceptors (Lipinski definition) is 5. The van der Waals surface area contributed by atoms with Crippen LogP contribution in [0, 0.1) is 0 Å². The van der Waals surface area contributed by atoms with Crippen molar-refractivity contribution in [3.8, 4) is 0 Å². The second-order valence-corrected chi connectivity index (χ2v) is 3.21. The molecule has 0 N–H and O–H groups in total. The Morgan fingerprint density at radius 2 is 1.62 bits per heavy atom. The first-order valence-corrected chi connectivity index (χ1v) is 4.95. The molecule has 0 aromatic rings. The van der Waals surface area contributed by atoms with Gasteiger partial charge in [0, 0.05) is 13.0 Å². The Kier molecular flexibility index (Phi) is 27.7. The Bertz CT molecular complexity index is 238. The molecule has 1 aliphatic heterocycles. The van der Waals surface area contributed by atoms with Gasteiger partial charge < -0.3 is 24.1 Å². The molecule has 1 amide bonds. The molecule has 0 spiro atoms. The summed E-state index contributed by atoms with van der Waals surface area (Å²) in [6.07, 6.45) is 3.28. The molecule has 76 valence electrons. The first-order chi connectivity index (χ1) is 5.84. The summed E-state index contributed by atoms with van der Waals surface area (Å²) in [6, 6.07) is 0. The van der Waals surface area contributed by atoms with Gasteiger partial charge in [-0.05, 0) is 12.6 Å². The molecule has 0 aliphatic carbocycles. The Morgan fingerprint density at radius 1 is 1.25 bits per heavy atom. The Hall–Kier alpha value is 4.23. The van der Waals surface area contributed by atoms with E-state index < -0.39 is 7.82 Å². The number of rotatable bonds is 1. The molecule has 1 aliphatic rings. The van der Waals surface area contributed by atoms with Crippen LogP contribution in [0.25, 0.3) is 0 Å². The van der Waals surface area contributed by atoms with Crippen LogP contribution in [0.1, 0.15) is 12.8 Å². The topological polar surface area (TPSA) is 107 Å². The van der Waals surface area contributed by atoms with Crippen molar-refractivity contribution in [2.24, 2.45) is 0 Å². The van der Waals surface area contributed by atoms with Crippen molar-refractivity contribution in [2.75, 3.05) is 6.54 Å². The fourth-order valence-electron chi connectivity index (χ4n) is 0.862. The smallest absolute Gasteiger partial charge is 0.822 e. The zero-order valence-electron chi connectivity index (χ0n) is 9.84. The maximum atomic E-state index is 10.7. The van der Waals surface area contributed by atoms with E-state index in [4.69, 9.17) is 19.2 Å². The number of likely N-dealkylation sites (tertiary alicyclic amines) is 1. The van der Waals surface area contributed by atoms with E-state index in [1.807, 2.05) is 0 Å². The molecule has 0 saturated carbocycles. The molecule has 0 aromatic heterocycles. The fraction of sp³-hybridized carbons (Fsp3) is 0.500. The molecule has 0 bridgehead atoms. The van der Waals surface area contributed by atoms with Gasteiger partial charge in [-0.25, -0.2) is 0 Å². The first-order valence-electron chi connectivity index (χ1n) is 3.49. The Balaban J connectivity index is -0.0000000818. The third kappa shape index (κ3) is 20.5. The van der Waals surface area contributed by atoms with E-state index in [1.165, 1.54) is 0 Å². The second-order valence-electron chi connectivity index (χ2n) is 2.32. The summed E-state index contributed by atoms with van der Waals surface area (Å²) in [5.41, 5.74) is 0. The van der Waals surface area contributed by atoms with Gasteiger partial charge in [0.25, 0.3) is 0 Å². The van der Waals surface area contributed by atoms with E-state index in [0.29, 0.717) is 6.42 Å². The van der Waals surface area contributed by atoms with Gasteiger partial charge in [-0.3, -0.25) is 4.79 Å². The SMILES string of the molecule is C=CN1CCCC1=O.O=P([O-])([O-])[O-].[K+].[K+].[K+]. The molecule has 0 unspecified atom stereocenters. The quantitative estimate of drug-likeness (QED) is 0.352. The van der Waals surface area contributed by atoms with Gasteiger partial charge in [0.2, 0.25) is 5.91 Å². The van der Waals surface area contributed by atoms with Crippen molar-refractivity contribution < 1.29 is 178 Å². The van der Waals surface area contributed by atoms with Crippen molar-refractivity contribution in [3.05, 3.63) is 12.8 Å². The number of carbonyl (C=O) groups excluding carboxylic acids is 1. The summed E-state index contributed by atoms with van der Waals surface area (Å²) in [6.45, 7) is 4.36. The molecule has 1 heterocycles. The molecule has 16 heavy (non-hydrogen) atoms. The van der Waals surface area contributed by atoms with Gasteiger partial charge in [-0.1, -0.05) is 6.58 Å². The van der Waals surface area contributed by atoms with E-state index in [9.17, 15) is 4.79 Å². The summed E-state index contributed by atoms with van der Waals surface area (Å²) in [5, 5.41) is 0. The molecular formula is C6H9K3NO5P. The fourth-order valence-corrected chi connectivity index (χ4v) is 0.862. The minimum atomic E-state index is -5.39. The number of phosphoric acid groups is 1. The molecule has 10 heteroatoms. The monoisotopic (exact) mass is 323 g/mol. The van der Waals surface area contributed by atoms with Crippen molar-refractivity contribution in [3.63, 3.8) is 0 Å². The van der Waals surface area contributed by atoms with E-state index in [1.54, 1.807) is 11.1 Å². The van der Waals surface area contributed by atoms with Gasteiger partial charge in [-0.15, -0.1) is 0 Å². The van der Waals surface area contributed by atoms with Crippen LogP contribution in [0.15, 0.2) is 12.8 Å². The zero-order valence-corrected chi connectivity index (χ0v) is 20.1. The van der Waals surface area contributed by atoms with Crippen LogP contribution < -0.4 is 169 Å². The van der Waals surface area contributed by atoms with Gasteiger partial charge in [0.05, 0.1) is 0 Å². The molecule has 1 fully saturated rings. The van der Waals surface area contributed by atoms with Crippen LogP contribution in [0.3, 0.4) is 0 Å². The van der Waals surface area contributed by atoms with E-state index in [-0.39, 0.29) is 160 Å². The minimum absolute atomic E-state index is 0. The summed E-state index contributed by atoms with van der Waals surface area (Å²) < 4.78 is 8.55. The number of hydrogen-bond donors (Lipinski definition) is 0. The predicted molar refractivity (Wildman–Crippen MR) is 38.8 cm³/mol. The maximum absolute atomic E-state index is 10.7. The van der Waals surface area contributed by atoms with Crippen LogP contribution in [0.5, 0.6) is 0 Å². The molecule has 0 aromatic carbocycles. The summed E-state index contributed by atoms with van der Waals surface area (Å²) in [4.78, 5) is 38.0. The van der Waals surface area contributed by atoms with E-state index in [0.717, 1.165) is 13.0 Å². The average molecular weight is 323 g/mol. The van der Waals surface area contributed by atoms with E-state index >= 15 is 0 Å². The van der Waals surface area contributed by atoms with Crippen molar-refractivity contribution >= 4 is 13.7 Å². The van der Waals surface area contributed by atoms with E-state index in [2.05, 4.69) is 6.58 Å². The average Bonchev–Trinajstić information content (AvgIpc) is 2.31. The van der Waals surface area contributed by atoms with Crippen LogP contribution in [0.2, 0.25) is 0 Å². The summed E-state index contributed by atoms with van der Waals surface area (Å²) in [7, 11) is -5.39. The largest absolute Gasteiger partial charge is 1.00 e.